The van der Waals surface area contributed by atoms with Gasteiger partial charge in [-0.1, -0.05) is 37.0 Å². The molecule has 3 aromatic rings. The van der Waals surface area contributed by atoms with Gasteiger partial charge < -0.3 is 9.42 Å². The minimum Gasteiger partial charge on any atom is -0.356 e. The van der Waals surface area contributed by atoms with E-state index in [9.17, 15) is 9.18 Å². The van der Waals surface area contributed by atoms with Gasteiger partial charge in [-0.05, 0) is 57.3 Å². The smallest absolute Gasteiger partial charge is 0.257 e. The molecular weight excluding hydrogens is 543 g/mol. The minimum absolute atomic E-state index is 0.116. The molecule has 1 saturated heterocycles. The Labute approximate surface area is 202 Å². The van der Waals surface area contributed by atoms with Gasteiger partial charge in [0.15, 0.2) is 5.58 Å². The van der Waals surface area contributed by atoms with Crippen LogP contribution in [0.5, 0.6) is 0 Å². The van der Waals surface area contributed by atoms with Crippen molar-refractivity contribution in [2.75, 3.05) is 19.6 Å². The van der Waals surface area contributed by atoms with Crippen LogP contribution in [-0.4, -0.2) is 39.2 Å². The first-order valence-electron chi connectivity index (χ1n) is 11.2. The van der Waals surface area contributed by atoms with Crippen molar-refractivity contribution in [3.05, 3.63) is 57.1 Å². The van der Waals surface area contributed by atoms with Crippen LogP contribution < -0.4 is 5.56 Å². The lowest BCUT2D eigenvalue weighted by Gasteiger charge is -2.31. The highest BCUT2D eigenvalue weighted by molar-refractivity contribution is 9.24. The quantitative estimate of drug-likeness (QED) is 0.403. The summed E-state index contributed by atoms with van der Waals surface area (Å²) in [4.78, 5) is 20.4. The second kappa shape index (κ2) is 9.35. The van der Waals surface area contributed by atoms with Crippen LogP contribution in [0.25, 0.3) is 11.0 Å². The first kappa shape index (κ1) is 22.2. The number of nitrogens with zero attached hydrogens (tertiary/aromatic N) is 4. The number of fused-ring (bicyclic) bond motifs is 2. The molecule has 0 unspecified atom stereocenters. The van der Waals surface area contributed by atoms with E-state index in [-0.39, 0.29) is 15.1 Å². The van der Waals surface area contributed by atoms with E-state index >= 15 is 0 Å². The number of aromatic nitrogens is 3. The number of aryl methyl sites for hydroxylation is 1. The van der Waals surface area contributed by atoms with Crippen LogP contribution in [-0.2, 0) is 19.4 Å². The molecule has 1 aromatic carbocycles. The lowest BCUT2D eigenvalue weighted by Crippen LogP contribution is -2.37. The Morgan fingerprint density at radius 3 is 2.78 bits per heavy atom. The van der Waals surface area contributed by atoms with E-state index in [4.69, 9.17) is 9.51 Å². The molecule has 32 heavy (non-hydrogen) atoms. The lowest BCUT2D eigenvalue weighted by atomic mass is 9.91. The third kappa shape index (κ3) is 4.31. The molecule has 2 aromatic heterocycles. The number of benzene rings is 1. The molecular formula is C23H25Br2FN4O2. The van der Waals surface area contributed by atoms with Crippen LogP contribution in [0.2, 0.25) is 0 Å². The zero-order valence-electron chi connectivity index (χ0n) is 17.7. The van der Waals surface area contributed by atoms with Crippen LogP contribution >= 0.6 is 31.9 Å². The van der Waals surface area contributed by atoms with E-state index in [1.165, 1.54) is 12.1 Å². The van der Waals surface area contributed by atoms with Crippen molar-refractivity contribution in [2.24, 2.45) is 0 Å². The summed E-state index contributed by atoms with van der Waals surface area (Å²) in [7, 11) is 0. The predicted octanol–water partition coefficient (Wildman–Crippen LogP) is 5.07. The molecule has 9 heteroatoms. The molecule has 0 amide bonds. The Morgan fingerprint density at radius 2 is 2.00 bits per heavy atom. The molecule has 0 bridgehead atoms. The standard InChI is InChI=1S/C23H25Br2FN4O2/c24-22(25)21-17(23(31)30-9-2-1-3-19(30)27-21)8-12-29-10-6-14(7-11-29)20-16-5-4-15(26)13-18(16)32-28-20/h4-5,13-14,22H,1-3,6-12H2. The maximum atomic E-state index is 13.4. The van der Waals surface area contributed by atoms with Crippen LogP contribution in [0, 0.1) is 5.82 Å². The molecule has 0 N–H and O–H groups in total. The highest BCUT2D eigenvalue weighted by Gasteiger charge is 2.26. The Morgan fingerprint density at radius 1 is 1.19 bits per heavy atom. The number of alkyl halides is 2. The summed E-state index contributed by atoms with van der Waals surface area (Å²) in [6.45, 7) is 3.46. The molecule has 6 nitrogen and oxygen atoms in total. The van der Waals surface area contributed by atoms with E-state index in [0.717, 1.165) is 86.4 Å². The molecule has 1 fully saturated rings. The van der Waals surface area contributed by atoms with E-state index < -0.39 is 0 Å². The molecule has 0 spiro atoms. The van der Waals surface area contributed by atoms with Gasteiger partial charge in [-0.15, -0.1) is 0 Å². The fourth-order valence-electron chi connectivity index (χ4n) is 4.97. The summed E-state index contributed by atoms with van der Waals surface area (Å²) in [5.41, 5.74) is 3.18. The van der Waals surface area contributed by atoms with E-state index in [1.54, 1.807) is 6.07 Å². The van der Waals surface area contributed by atoms with E-state index in [1.807, 2.05) is 4.57 Å². The zero-order valence-corrected chi connectivity index (χ0v) is 20.9. The Kier molecular flexibility index (Phi) is 6.49. The molecule has 4 heterocycles. The molecule has 2 aliphatic heterocycles. The van der Waals surface area contributed by atoms with Gasteiger partial charge in [0.1, 0.15) is 15.4 Å². The maximum Gasteiger partial charge on any atom is 0.257 e. The van der Waals surface area contributed by atoms with Crippen molar-refractivity contribution in [3.63, 3.8) is 0 Å². The van der Waals surface area contributed by atoms with Gasteiger partial charge in [-0.2, -0.15) is 0 Å². The average molecular weight is 568 g/mol. The van der Waals surface area contributed by atoms with E-state index in [0.29, 0.717) is 17.9 Å². The minimum atomic E-state index is -0.309. The summed E-state index contributed by atoms with van der Waals surface area (Å²) in [6, 6.07) is 4.62. The number of hydrogen-bond acceptors (Lipinski definition) is 5. The summed E-state index contributed by atoms with van der Waals surface area (Å²) in [5, 5.41) is 5.15. The van der Waals surface area contributed by atoms with Crippen molar-refractivity contribution >= 4 is 42.8 Å². The first-order chi connectivity index (χ1) is 15.5. The number of rotatable bonds is 5. The summed E-state index contributed by atoms with van der Waals surface area (Å²) in [6.07, 6.45) is 5.61. The maximum absolute atomic E-state index is 13.4. The fraction of sp³-hybridized carbons (Fsp3) is 0.522. The number of likely N-dealkylation sites (tertiary alicyclic amines) is 1. The van der Waals surface area contributed by atoms with Crippen LogP contribution in [0.1, 0.15) is 58.1 Å². The summed E-state index contributed by atoms with van der Waals surface area (Å²) >= 11 is 7.14. The van der Waals surface area contributed by atoms with Gasteiger partial charge in [0.05, 0.1) is 11.4 Å². The lowest BCUT2D eigenvalue weighted by molar-refractivity contribution is 0.211. The van der Waals surface area contributed by atoms with Gasteiger partial charge in [-0.25, -0.2) is 9.37 Å². The fourth-order valence-corrected chi connectivity index (χ4v) is 5.73. The van der Waals surface area contributed by atoms with Crippen molar-refractivity contribution < 1.29 is 8.91 Å². The van der Waals surface area contributed by atoms with Crippen molar-refractivity contribution in [1.29, 1.82) is 0 Å². The van der Waals surface area contributed by atoms with E-state index in [2.05, 4.69) is 41.9 Å². The SMILES string of the molecule is O=c1c(CCN2CCC(c3noc4cc(F)ccc34)CC2)c(C(Br)Br)nc2n1CCCC2. The number of hydrogen-bond donors (Lipinski definition) is 0. The van der Waals surface area contributed by atoms with Crippen molar-refractivity contribution in [2.45, 2.75) is 54.7 Å². The molecule has 170 valence electrons. The van der Waals surface area contributed by atoms with Crippen LogP contribution in [0.4, 0.5) is 4.39 Å². The number of piperidine rings is 1. The highest BCUT2D eigenvalue weighted by atomic mass is 79.9. The van der Waals surface area contributed by atoms with Crippen LogP contribution in [0.3, 0.4) is 0 Å². The largest absolute Gasteiger partial charge is 0.356 e. The van der Waals surface area contributed by atoms with Gasteiger partial charge in [0.25, 0.3) is 5.56 Å². The Hall–Kier alpha value is -1.58. The summed E-state index contributed by atoms with van der Waals surface area (Å²) < 4.78 is 20.5. The second-order valence-electron chi connectivity index (χ2n) is 8.68. The second-order valence-corrected chi connectivity index (χ2v) is 11.7. The molecule has 0 atom stereocenters. The van der Waals surface area contributed by atoms with Gasteiger partial charge in [0.2, 0.25) is 0 Å². The molecule has 2 aliphatic rings. The topological polar surface area (TPSA) is 64.2 Å². The Bertz CT molecular complexity index is 1180. The zero-order chi connectivity index (χ0) is 22.2. The van der Waals surface area contributed by atoms with Gasteiger partial charge >= 0.3 is 0 Å². The first-order valence-corrected chi connectivity index (χ1v) is 13.0. The molecule has 0 aliphatic carbocycles. The van der Waals surface area contributed by atoms with Gasteiger partial charge in [0, 0.05) is 42.4 Å². The molecule has 5 rings (SSSR count). The van der Waals surface area contributed by atoms with Crippen LogP contribution in [0.15, 0.2) is 27.5 Å². The average Bonchev–Trinajstić information content (AvgIpc) is 3.21. The monoisotopic (exact) mass is 566 g/mol. The van der Waals surface area contributed by atoms with Crippen molar-refractivity contribution in [3.8, 4) is 0 Å². The third-order valence-corrected chi connectivity index (χ3v) is 7.59. The predicted molar refractivity (Wildman–Crippen MR) is 128 cm³/mol. The molecule has 0 saturated carbocycles. The van der Waals surface area contributed by atoms with Gasteiger partial charge in [-0.3, -0.25) is 9.36 Å². The Balaban J connectivity index is 1.27. The highest BCUT2D eigenvalue weighted by Crippen LogP contribution is 2.33. The normalized spacial score (nSPS) is 17.9. The third-order valence-electron chi connectivity index (χ3n) is 6.73. The molecule has 0 radical (unpaired) electrons. The number of halogens is 3. The van der Waals surface area contributed by atoms with Crippen molar-refractivity contribution in [1.82, 2.24) is 19.6 Å². The summed E-state index contributed by atoms with van der Waals surface area (Å²) in [5.74, 6) is 0.902.